The molecule has 104 valence electrons. The van der Waals surface area contributed by atoms with E-state index in [1.807, 2.05) is 30.5 Å². The Balaban J connectivity index is 1.66. The van der Waals surface area contributed by atoms with E-state index in [4.69, 9.17) is 11.6 Å². The normalized spacial score (nSPS) is 18.8. The molecule has 1 aliphatic rings. The first-order chi connectivity index (χ1) is 9.74. The minimum atomic E-state index is 0.378. The fourth-order valence-corrected chi connectivity index (χ4v) is 3.18. The van der Waals surface area contributed by atoms with Gasteiger partial charge in [-0.1, -0.05) is 35.9 Å². The number of aromatic nitrogens is 1. The Morgan fingerprint density at radius 3 is 3.00 bits per heavy atom. The number of nitrogens with one attached hydrogen (secondary N) is 1. The first-order valence-electron chi connectivity index (χ1n) is 7.17. The minimum absolute atomic E-state index is 0.378. The predicted molar refractivity (Wildman–Crippen MR) is 83.1 cm³/mol. The molecule has 3 heteroatoms. The summed E-state index contributed by atoms with van der Waals surface area (Å²) in [6.45, 7) is 2.21. The maximum absolute atomic E-state index is 6.23. The molecule has 2 atom stereocenters. The SMILES string of the molecule is CC(Cc1ccccc1Cl)NC1CCc2cccnc21. The summed E-state index contributed by atoms with van der Waals surface area (Å²) in [5.41, 5.74) is 3.81. The standard InChI is InChI=1S/C17H19ClN2/c1-12(11-14-5-2-3-7-15(14)18)20-16-9-8-13-6-4-10-19-17(13)16/h2-7,10,12,16,20H,8-9,11H2,1H3. The van der Waals surface area contributed by atoms with Gasteiger partial charge in [0.05, 0.1) is 11.7 Å². The van der Waals surface area contributed by atoms with Gasteiger partial charge in [-0.05, 0) is 49.4 Å². The Morgan fingerprint density at radius 1 is 1.30 bits per heavy atom. The maximum Gasteiger partial charge on any atom is 0.0605 e. The van der Waals surface area contributed by atoms with E-state index in [1.54, 1.807) is 0 Å². The van der Waals surface area contributed by atoms with Crippen LogP contribution in [0.15, 0.2) is 42.6 Å². The smallest absolute Gasteiger partial charge is 0.0605 e. The minimum Gasteiger partial charge on any atom is -0.306 e. The van der Waals surface area contributed by atoms with Crippen molar-refractivity contribution in [2.45, 2.75) is 38.3 Å². The molecule has 0 fully saturated rings. The zero-order chi connectivity index (χ0) is 13.9. The monoisotopic (exact) mass is 286 g/mol. The summed E-state index contributed by atoms with van der Waals surface area (Å²) < 4.78 is 0. The summed E-state index contributed by atoms with van der Waals surface area (Å²) in [7, 11) is 0. The summed E-state index contributed by atoms with van der Waals surface area (Å²) in [6, 6.07) is 13.0. The Labute approximate surface area is 125 Å². The van der Waals surface area contributed by atoms with Gasteiger partial charge < -0.3 is 5.32 Å². The van der Waals surface area contributed by atoms with E-state index in [0.717, 1.165) is 24.3 Å². The third-order valence-corrected chi connectivity index (χ3v) is 4.30. The third-order valence-electron chi connectivity index (χ3n) is 3.93. The lowest BCUT2D eigenvalue weighted by Gasteiger charge is -2.20. The van der Waals surface area contributed by atoms with Crippen molar-refractivity contribution in [1.29, 1.82) is 0 Å². The van der Waals surface area contributed by atoms with Crippen molar-refractivity contribution in [1.82, 2.24) is 10.3 Å². The summed E-state index contributed by atoms with van der Waals surface area (Å²) in [5, 5.41) is 4.54. The van der Waals surface area contributed by atoms with Gasteiger partial charge >= 0.3 is 0 Å². The van der Waals surface area contributed by atoms with Crippen LogP contribution >= 0.6 is 11.6 Å². The number of rotatable bonds is 4. The van der Waals surface area contributed by atoms with Gasteiger partial charge in [-0.3, -0.25) is 4.98 Å². The maximum atomic E-state index is 6.23. The highest BCUT2D eigenvalue weighted by Gasteiger charge is 2.24. The average Bonchev–Trinajstić information content (AvgIpc) is 2.85. The molecule has 0 saturated carbocycles. The summed E-state index contributed by atoms with van der Waals surface area (Å²) in [6.07, 6.45) is 5.09. The van der Waals surface area contributed by atoms with Crippen LogP contribution in [0.3, 0.4) is 0 Å². The van der Waals surface area contributed by atoms with Crippen LogP contribution < -0.4 is 5.32 Å². The molecule has 2 unspecified atom stereocenters. The fraction of sp³-hybridized carbons (Fsp3) is 0.353. The van der Waals surface area contributed by atoms with Crippen molar-refractivity contribution < 1.29 is 0 Å². The van der Waals surface area contributed by atoms with Crippen molar-refractivity contribution in [2.24, 2.45) is 0 Å². The molecule has 1 aliphatic carbocycles. The zero-order valence-electron chi connectivity index (χ0n) is 11.6. The number of aryl methyl sites for hydroxylation is 1. The van der Waals surface area contributed by atoms with Gasteiger partial charge in [0.1, 0.15) is 0 Å². The number of benzene rings is 1. The van der Waals surface area contributed by atoms with E-state index in [0.29, 0.717) is 12.1 Å². The second-order valence-corrected chi connectivity index (χ2v) is 5.91. The van der Waals surface area contributed by atoms with Gasteiger partial charge in [-0.25, -0.2) is 0 Å². The molecule has 3 rings (SSSR count). The van der Waals surface area contributed by atoms with Crippen LogP contribution in [0.4, 0.5) is 0 Å². The van der Waals surface area contributed by atoms with Crippen LogP contribution in [0.1, 0.15) is 36.2 Å². The highest BCUT2D eigenvalue weighted by atomic mass is 35.5. The Morgan fingerprint density at radius 2 is 2.15 bits per heavy atom. The second kappa shape index (κ2) is 5.94. The number of halogens is 1. The van der Waals surface area contributed by atoms with Gasteiger partial charge in [-0.15, -0.1) is 0 Å². The molecule has 0 spiro atoms. The number of hydrogen-bond donors (Lipinski definition) is 1. The van der Waals surface area contributed by atoms with Crippen molar-refractivity contribution in [3.8, 4) is 0 Å². The van der Waals surface area contributed by atoms with Crippen molar-refractivity contribution in [3.05, 3.63) is 64.4 Å². The summed E-state index contributed by atoms with van der Waals surface area (Å²) >= 11 is 6.23. The highest BCUT2D eigenvalue weighted by molar-refractivity contribution is 6.31. The number of pyridine rings is 1. The van der Waals surface area contributed by atoms with E-state index in [9.17, 15) is 0 Å². The Bertz CT molecular complexity index is 597. The lowest BCUT2D eigenvalue weighted by atomic mass is 10.1. The molecule has 0 radical (unpaired) electrons. The molecule has 0 aliphatic heterocycles. The van der Waals surface area contributed by atoms with Crippen LogP contribution in [0.5, 0.6) is 0 Å². The lowest BCUT2D eigenvalue weighted by Crippen LogP contribution is -2.31. The van der Waals surface area contributed by atoms with Gasteiger partial charge in [0, 0.05) is 17.3 Å². The quantitative estimate of drug-likeness (QED) is 0.921. The van der Waals surface area contributed by atoms with Crippen molar-refractivity contribution in [3.63, 3.8) is 0 Å². The van der Waals surface area contributed by atoms with Gasteiger partial charge in [0.15, 0.2) is 0 Å². The zero-order valence-corrected chi connectivity index (χ0v) is 12.4. The average molecular weight is 287 g/mol. The summed E-state index contributed by atoms with van der Waals surface area (Å²) in [5.74, 6) is 0. The second-order valence-electron chi connectivity index (χ2n) is 5.50. The Kier molecular flexibility index (Phi) is 4.04. The molecule has 1 aromatic heterocycles. The molecule has 0 saturated heterocycles. The largest absolute Gasteiger partial charge is 0.306 e. The molecule has 1 N–H and O–H groups in total. The van der Waals surface area contributed by atoms with Gasteiger partial charge in [-0.2, -0.15) is 0 Å². The lowest BCUT2D eigenvalue weighted by molar-refractivity contribution is 0.445. The van der Waals surface area contributed by atoms with Gasteiger partial charge in [0.25, 0.3) is 0 Å². The molecule has 0 bridgehead atoms. The molecule has 1 aromatic carbocycles. The summed E-state index contributed by atoms with van der Waals surface area (Å²) in [4.78, 5) is 4.53. The number of nitrogens with zero attached hydrogens (tertiary/aromatic N) is 1. The van der Waals surface area contributed by atoms with E-state index >= 15 is 0 Å². The van der Waals surface area contributed by atoms with Gasteiger partial charge in [0.2, 0.25) is 0 Å². The molecule has 0 amide bonds. The molecule has 1 heterocycles. The number of hydrogen-bond acceptors (Lipinski definition) is 2. The fourth-order valence-electron chi connectivity index (χ4n) is 2.97. The van der Waals surface area contributed by atoms with Crippen LogP contribution in [-0.2, 0) is 12.8 Å². The highest BCUT2D eigenvalue weighted by Crippen LogP contribution is 2.29. The molecule has 2 aromatic rings. The van der Waals surface area contributed by atoms with Crippen molar-refractivity contribution in [2.75, 3.05) is 0 Å². The molecular weight excluding hydrogens is 268 g/mol. The first-order valence-corrected chi connectivity index (χ1v) is 7.55. The molecular formula is C17H19ClN2. The predicted octanol–water partition coefficient (Wildman–Crippen LogP) is 3.94. The van der Waals surface area contributed by atoms with E-state index in [-0.39, 0.29) is 0 Å². The van der Waals surface area contributed by atoms with E-state index < -0.39 is 0 Å². The van der Waals surface area contributed by atoms with Crippen molar-refractivity contribution >= 4 is 11.6 Å². The van der Waals surface area contributed by atoms with Crippen LogP contribution in [0.2, 0.25) is 5.02 Å². The van der Waals surface area contributed by atoms with E-state index in [1.165, 1.54) is 16.8 Å². The molecule has 20 heavy (non-hydrogen) atoms. The molecule has 2 nitrogen and oxygen atoms in total. The van der Waals surface area contributed by atoms with Crippen LogP contribution in [0, 0.1) is 0 Å². The Hall–Kier alpha value is -1.38. The van der Waals surface area contributed by atoms with Crippen LogP contribution in [0.25, 0.3) is 0 Å². The van der Waals surface area contributed by atoms with Crippen LogP contribution in [-0.4, -0.2) is 11.0 Å². The third kappa shape index (κ3) is 2.87. The van der Waals surface area contributed by atoms with E-state index in [2.05, 4.69) is 29.4 Å². The number of fused-ring (bicyclic) bond motifs is 1. The first kappa shape index (κ1) is 13.6. The topological polar surface area (TPSA) is 24.9 Å².